The van der Waals surface area contributed by atoms with Crippen molar-refractivity contribution < 1.29 is 9.90 Å². The number of aliphatic carboxylic acids is 1. The largest absolute Gasteiger partial charge is 0.550 e. The van der Waals surface area contributed by atoms with Crippen LogP contribution >= 0.6 is 0 Å². The van der Waals surface area contributed by atoms with E-state index in [0.29, 0.717) is 6.54 Å². The summed E-state index contributed by atoms with van der Waals surface area (Å²) in [7, 11) is 0. The number of nitrogens with zero attached hydrogens (tertiary/aromatic N) is 2. The second kappa shape index (κ2) is 3.73. The Bertz CT molecular complexity index is 502. The maximum absolute atomic E-state index is 10.4. The summed E-state index contributed by atoms with van der Waals surface area (Å²) in [5.74, 6) is -0.204. The fraction of sp³-hybridized carbons (Fsp3) is 0.273. The third-order valence-electron chi connectivity index (χ3n) is 2.38. The van der Waals surface area contributed by atoms with Gasteiger partial charge >= 0.3 is 0 Å². The molecule has 0 saturated carbocycles. The number of fused-ring (bicyclic) bond motifs is 1. The van der Waals surface area contributed by atoms with Crippen molar-refractivity contribution in [1.29, 1.82) is 0 Å². The van der Waals surface area contributed by atoms with Crippen LogP contribution < -0.4 is 5.11 Å². The Labute approximate surface area is 87.2 Å². The van der Waals surface area contributed by atoms with Gasteiger partial charge in [0.15, 0.2) is 0 Å². The third kappa shape index (κ3) is 1.83. The topological polar surface area (TPSA) is 58.0 Å². The molecule has 0 radical (unpaired) electrons. The summed E-state index contributed by atoms with van der Waals surface area (Å²) in [6, 6.07) is 7.68. The SMILES string of the molecule is Cc1nc2ccccc2n1CCC(=O)[O-]. The molecule has 0 aliphatic rings. The summed E-state index contributed by atoms with van der Waals surface area (Å²) in [4.78, 5) is 14.7. The minimum Gasteiger partial charge on any atom is -0.550 e. The molecule has 0 aliphatic heterocycles. The van der Waals surface area contributed by atoms with E-state index < -0.39 is 5.97 Å². The van der Waals surface area contributed by atoms with E-state index in [1.165, 1.54) is 0 Å². The van der Waals surface area contributed by atoms with Gasteiger partial charge in [-0.05, 0) is 19.1 Å². The molecular weight excluding hydrogens is 192 g/mol. The number of carbonyl (C=O) groups is 1. The number of aryl methyl sites for hydroxylation is 2. The van der Waals surface area contributed by atoms with E-state index in [1.54, 1.807) is 0 Å². The van der Waals surface area contributed by atoms with Crippen molar-refractivity contribution >= 4 is 17.0 Å². The Kier molecular flexibility index (Phi) is 2.41. The third-order valence-corrected chi connectivity index (χ3v) is 2.38. The first kappa shape index (κ1) is 9.71. The number of hydrogen-bond donors (Lipinski definition) is 0. The number of imidazole rings is 1. The number of rotatable bonds is 3. The highest BCUT2D eigenvalue weighted by atomic mass is 16.4. The Morgan fingerprint density at radius 1 is 1.47 bits per heavy atom. The summed E-state index contributed by atoms with van der Waals surface area (Å²) in [6.45, 7) is 2.28. The van der Waals surface area contributed by atoms with E-state index in [1.807, 2.05) is 35.8 Å². The molecule has 0 aliphatic carbocycles. The summed E-state index contributed by atoms with van der Waals surface area (Å²) in [5.41, 5.74) is 1.87. The zero-order valence-electron chi connectivity index (χ0n) is 8.43. The molecule has 0 fully saturated rings. The van der Waals surface area contributed by atoms with Gasteiger partial charge in [-0.15, -0.1) is 0 Å². The number of carboxylic acid groups (broad SMARTS) is 1. The highest BCUT2D eigenvalue weighted by Gasteiger charge is 2.05. The van der Waals surface area contributed by atoms with Crippen molar-refractivity contribution in [3.8, 4) is 0 Å². The van der Waals surface area contributed by atoms with Crippen LogP contribution in [0.25, 0.3) is 11.0 Å². The van der Waals surface area contributed by atoms with Gasteiger partial charge < -0.3 is 14.5 Å². The van der Waals surface area contributed by atoms with Crippen molar-refractivity contribution in [2.45, 2.75) is 19.9 Å². The molecule has 4 heteroatoms. The van der Waals surface area contributed by atoms with Gasteiger partial charge in [0.2, 0.25) is 0 Å². The lowest BCUT2D eigenvalue weighted by atomic mass is 10.3. The van der Waals surface area contributed by atoms with Gasteiger partial charge in [0, 0.05) is 18.9 Å². The van der Waals surface area contributed by atoms with Crippen molar-refractivity contribution in [3.63, 3.8) is 0 Å². The lowest BCUT2D eigenvalue weighted by Gasteiger charge is -2.06. The maximum Gasteiger partial charge on any atom is 0.106 e. The number of carbonyl (C=O) groups excluding carboxylic acids is 1. The van der Waals surface area contributed by atoms with Crippen LogP contribution in [-0.4, -0.2) is 15.5 Å². The van der Waals surface area contributed by atoms with Crippen molar-refractivity contribution in [2.24, 2.45) is 0 Å². The predicted octanol–water partition coefficient (Wildman–Crippen LogP) is 0.485. The predicted molar refractivity (Wildman–Crippen MR) is 54.1 cm³/mol. The molecule has 0 amide bonds. The summed E-state index contributed by atoms with van der Waals surface area (Å²) < 4.78 is 1.89. The second-order valence-corrected chi connectivity index (χ2v) is 3.42. The van der Waals surface area contributed by atoms with Crippen LogP contribution in [0.5, 0.6) is 0 Å². The van der Waals surface area contributed by atoms with Crippen LogP contribution in [0.2, 0.25) is 0 Å². The van der Waals surface area contributed by atoms with Gasteiger partial charge in [0.05, 0.1) is 11.0 Å². The van der Waals surface area contributed by atoms with Crippen LogP contribution in [0.4, 0.5) is 0 Å². The lowest BCUT2D eigenvalue weighted by Crippen LogP contribution is -2.23. The van der Waals surface area contributed by atoms with Gasteiger partial charge in [-0.1, -0.05) is 12.1 Å². The average molecular weight is 203 g/mol. The second-order valence-electron chi connectivity index (χ2n) is 3.42. The molecule has 1 aromatic heterocycles. The number of aromatic nitrogens is 2. The first-order chi connectivity index (χ1) is 7.18. The van der Waals surface area contributed by atoms with E-state index in [-0.39, 0.29) is 6.42 Å². The molecule has 0 atom stereocenters. The molecule has 78 valence electrons. The van der Waals surface area contributed by atoms with Gasteiger partial charge in [-0.25, -0.2) is 4.98 Å². The van der Waals surface area contributed by atoms with Gasteiger partial charge in [0.25, 0.3) is 0 Å². The molecular formula is C11H11N2O2-. The number of benzene rings is 1. The Morgan fingerprint density at radius 3 is 2.93 bits per heavy atom. The molecule has 2 rings (SSSR count). The molecule has 2 aromatic rings. The maximum atomic E-state index is 10.4. The van der Waals surface area contributed by atoms with Crippen LogP contribution in [0, 0.1) is 6.92 Å². The molecule has 1 heterocycles. The summed E-state index contributed by atoms with van der Waals surface area (Å²) in [6.07, 6.45) is 0.0151. The van der Waals surface area contributed by atoms with Crippen molar-refractivity contribution in [1.82, 2.24) is 9.55 Å². The molecule has 0 saturated heterocycles. The first-order valence-corrected chi connectivity index (χ1v) is 4.80. The standard InChI is InChI=1S/C11H12N2O2/c1-8-12-9-4-2-3-5-10(9)13(8)7-6-11(14)15/h2-5H,6-7H2,1H3,(H,14,15)/p-1. The van der Waals surface area contributed by atoms with E-state index in [2.05, 4.69) is 4.98 Å². The van der Waals surface area contributed by atoms with Crippen LogP contribution in [-0.2, 0) is 11.3 Å². The molecule has 0 N–H and O–H groups in total. The van der Waals surface area contributed by atoms with Gasteiger partial charge in [0.1, 0.15) is 5.82 Å². The average Bonchev–Trinajstić information content (AvgIpc) is 2.50. The van der Waals surface area contributed by atoms with Gasteiger partial charge in [-0.2, -0.15) is 0 Å². The molecule has 4 nitrogen and oxygen atoms in total. The molecule has 1 aromatic carbocycles. The minimum absolute atomic E-state index is 0.0151. The van der Waals surface area contributed by atoms with E-state index in [4.69, 9.17) is 0 Å². The summed E-state index contributed by atoms with van der Waals surface area (Å²) >= 11 is 0. The Balaban J connectivity index is 2.40. The van der Waals surface area contributed by atoms with Gasteiger partial charge in [-0.3, -0.25) is 0 Å². The van der Waals surface area contributed by atoms with Crippen molar-refractivity contribution in [3.05, 3.63) is 30.1 Å². The zero-order chi connectivity index (χ0) is 10.8. The lowest BCUT2D eigenvalue weighted by molar-refractivity contribution is -0.305. The van der Waals surface area contributed by atoms with Crippen LogP contribution in [0.3, 0.4) is 0 Å². The minimum atomic E-state index is -1.04. The zero-order valence-corrected chi connectivity index (χ0v) is 8.43. The van der Waals surface area contributed by atoms with Crippen LogP contribution in [0.1, 0.15) is 12.2 Å². The summed E-state index contributed by atoms with van der Waals surface area (Å²) in [5, 5.41) is 10.4. The Morgan fingerprint density at radius 2 is 2.20 bits per heavy atom. The highest BCUT2D eigenvalue weighted by Crippen LogP contribution is 2.15. The van der Waals surface area contributed by atoms with E-state index >= 15 is 0 Å². The number of hydrogen-bond acceptors (Lipinski definition) is 3. The molecule has 0 bridgehead atoms. The fourth-order valence-electron chi connectivity index (χ4n) is 1.68. The molecule has 0 unspecified atom stereocenters. The fourth-order valence-corrected chi connectivity index (χ4v) is 1.68. The molecule has 0 spiro atoms. The molecule has 15 heavy (non-hydrogen) atoms. The smallest absolute Gasteiger partial charge is 0.106 e. The van der Waals surface area contributed by atoms with Crippen LogP contribution in [0.15, 0.2) is 24.3 Å². The number of carboxylic acids is 1. The first-order valence-electron chi connectivity index (χ1n) is 4.80. The monoisotopic (exact) mass is 203 g/mol. The number of para-hydroxylation sites is 2. The van der Waals surface area contributed by atoms with E-state index in [0.717, 1.165) is 16.9 Å². The quantitative estimate of drug-likeness (QED) is 0.729. The normalized spacial score (nSPS) is 10.7. The highest BCUT2D eigenvalue weighted by molar-refractivity contribution is 5.76. The van der Waals surface area contributed by atoms with E-state index in [9.17, 15) is 9.90 Å². The van der Waals surface area contributed by atoms with Crippen molar-refractivity contribution in [2.75, 3.05) is 0 Å². The Hall–Kier alpha value is -1.84.